The van der Waals surface area contributed by atoms with Crippen molar-refractivity contribution in [2.45, 2.75) is 13.1 Å². The zero-order valence-electron chi connectivity index (χ0n) is 15.3. The molecule has 0 radical (unpaired) electrons. The molecule has 0 amide bonds. The molecule has 0 unspecified atom stereocenters. The van der Waals surface area contributed by atoms with Gasteiger partial charge in [0, 0.05) is 23.3 Å². The first-order chi connectivity index (χ1) is 14.2. The van der Waals surface area contributed by atoms with E-state index in [2.05, 4.69) is 25.0 Å². The highest BCUT2D eigenvalue weighted by Crippen LogP contribution is 2.21. The Hall–Kier alpha value is -3.72. The molecule has 0 saturated carbocycles. The van der Waals surface area contributed by atoms with Crippen LogP contribution in [0.4, 0.5) is 4.39 Å². The van der Waals surface area contributed by atoms with Crippen molar-refractivity contribution in [1.82, 2.24) is 34.3 Å². The highest BCUT2D eigenvalue weighted by molar-refractivity contribution is 5.79. The molecule has 1 aromatic carbocycles. The summed E-state index contributed by atoms with van der Waals surface area (Å²) in [5.41, 5.74) is 3.70. The molecular formula is C20H16FN7O. The maximum atomic E-state index is 14.4. The van der Waals surface area contributed by atoms with Crippen LogP contribution in [0.15, 0.2) is 55.4 Å². The van der Waals surface area contributed by atoms with Crippen LogP contribution in [0.5, 0.6) is 0 Å². The van der Waals surface area contributed by atoms with Crippen molar-refractivity contribution in [3.63, 3.8) is 0 Å². The van der Waals surface area contributed by atoms with Crippen molar-refractivity contribution in [2.24, 2.45) is 0 Å². The second-order valence-corrected chi connectivity index (χ2v) is 6.64. The lowest BCUT2D eigenvalue weighted by atomic mass is 10.1. The fraction of sp³-hybridized carbons (Fsp3) is 0.150. The minimum Gasteiger partial charge on any atom is -0.394 e. The lowest BCUT2D eigenvalue weighted by molar-refractivity contribution is 0.269. The first-order valence-electron chi connectivity index (χ1n) is 9.06. The van der Waals surface area contributed by atoms with Crippen LogP contribution in [0.3, 0.4) is 0 Å². The number of nitrogens with zero attached hydrogens (tertiary/aromatic N) is 7. The number of aliphatic hydroxyl groups excluding tert-OH is 1. The summed E-state index contributed by atoms with van der Waals surface area (Å²) in [6.07, 6.45) is 8.35. The van der Waals surface area contributed by atoms with Crippen molar-refractivity contribution in [2.75, 3.05) is 6.61 Å². The van der Waals surface area contributed by atoms with Crippen LogP contribution in [0.1, 0.15) is 5.56 Å². The number of hydrogen-bond acceptors (Lipinski definition) is 6. The van der Waals surface area contributed by atoms with Crippen molar-refractivity contribution in [3.05, 3.63) is 66.8 Å². The Kier molecular flexibility index (Phi) is 4.21. The van der Waals surface area contributed by atoms with E-state index in [4.69, 9.17) is 5.11 Å². The Bertz CT molecular complexity index is 1330. The summed E-state index contributed by atoms with van der Waals surface area (Å²) in [4.78, 5) is 17.4. The predicted octanol–water partition coefficient (Wildman–Crippen LogP) is 2.42. The summed E-state index contributed by atoms with van der Waals surface area (Å²) in [6.45, 7) is 0.826. The third-order valence-corrected chi connectivity index (χ3v) is 4.66. The van der Waals surface area contributed by atoms with E-state index in [1.807, 2.05) is 16.7 Å². The molecule has 8 nitrogen and oxygen atoms in total. The maximum absolute atomic E-state index is 14.4. The summed E-state index contributed by atoms with van der Waals surface area (Å²) in [5.74, 6) is -0.356. The molecule has 144 valence electrons. The molecule has 0 aliphatic rings. The lowest BCUT2D eigenvalue weighted by Gasteiger charge is -2.07. The summed E-state index contributed by atoms with van der Waals surface area (Å²) in [7, 11) is 0. The smallest absolute Gasteiger partial charge is 0.197 e. The van der Waals surface area contributed by atoms with Gasteiger partial charge in [0.05, 0.1) is 44.1 Å². The van der Waals surface area contributed by atoms with Gasteiger partial charge in [-0.3, -0.25) is 9.67 Å². The average molecular weight is 389 g/mol. The van der Waals surface area contributed by atoms with Gasteiger partial charge in [-0.15, -0.1) is 0 Å². The molecule has 9 heteroatoms. The SMILES string of the molecule is OCCn1cc(-c2cnc3ncn(Cc4cc(F)c5ncccc5c4)c3n2)cn1. The van der Waals surface area contributed by atoms with Crippen LogP contribution in [0, 0.1) is 5.82 Å². The largest absolute Gasteiger partial charge is 0.394 e. The number of halogens is 1. The Labute approximate surface area is 164 Å². The molecule has 0 atom stereocenters. The zero-order valence-corrected chi connectivity index (χ0v) is 15.3. The third-order valence-electron chi connectivity index (χ3n) is 4.66. The van der Waals surface area contributed by atoms with Gasteiger partial charge in [-0.1, -0.05) is 6.07 Å². The zero-order chi connectivity index (χ0) is 19.8. The minimum atomic E-state index is -0.356. The monoisotopic (exact) mass is 389 g/mol. The quantitative estimate of drug-likeness (QED) is 0.496. The van der Waals surface area contributed by atoms with Crippen LogP contribution < -0.4 is 0 Å². The second kappa shape index (κ2) is 7.02. The van der Waals surface area contributed by atoms with Crippen LogP contribution in [-0.4, -0.2) is 46.0 Å². The number of pyridine rings is 1. The van der Waals surface area contributed by atoms with Gasteiger partial charge in [0.1, 0.15) is 11.3 Å². The van der Waals surface area contributed by atoms with Gasteiger partial charge in [0.25, 0.3) is 0 Å². The van der Waals surface area contributed by atoms with Gasteiger partial charge in [0.2, 0.25) is 0 Å². The Morgan fingerprint density at radius 3 is 2.93 bits per heavy atom. The summed E-state index contributed by atoms with van der Waals surface area (Å²) < 4.78 is 17.9. The molecule has 0 spiro atoms. The van der Waals surface area contributed by atoms with Gasteiger partial charge >= 0.3 is 0 Å². The van der Waals surface area contributed by atoms with Crippen molar-refractivity contribution in [1.29, 1.82) is 0 Å². The van der Waals surface area contributed by atoms with Crippen molar-refractivity contribution in [3.8, 4) is 11.3 Å². The average Bonchev–Trinajstić information content (AvgIpc) is 3.35. The van der Waals surface area contributed by atoms with Crippen molar-refractivity contribution >= 4 is 22.2 Å². The van der Waals surface area contributed by atoms with Gasteiger partial charge in [-0.2, -0.15) is 5.10 Å². The van der Waals surface area contributed by atoms with E-state index >= 15 is 0 Å². The number of benzene rings is 1. The molecule has 5 aromatic rings. The molecule has 0 aliphatic carbocycles. The summed E-state index contributed by atoms with van der Waals surface area (Å²) >= 11 is 0. The molecule has 29 heavy (non-hydrogen) atoms. The first kappa shape index (κ1) is 17.4. The van der Waals surface area contributed by atoms with Crippen LogP contribution in [0.2, 0.25) is 0 Å². The van der Waals surface area contributed by atoms with E-state index < -0.39 is 0 Å². The third kappa shape index (κ3) is 3.21. The molecule has 5 rings (SSSR count). The highest BCUT2D eigenvalue weighted by Gasteiger charge is 2.12. The van der Waals surface area contributed by atoms with Gasteiger partial charge in [-0.05, 0) is 23.8 Å². The maximum Gasteiger partial charge on any atom is 0.197 e. The van der Waals surface area contributed by atoms with Crippen molar-refractivity contribution < 1.29 is 9.50 Å². The van der Waals surface area contributed by atoms with Gasteiger partial charge in [-0.25, -0.2) is 19.3 Å². The van der Waals surface area contributed by atoms with Crippen LogP contribution >= 0.6 is 0 Å². The van der Waals surface area contributed by atoms with Gasteiger partial charge < -0.3 is 9.67 Å². The summed E-state index contributed by atoms with van der Waals surface area (Å²) in [6, 6.07) is 7.01. The van der Waals surface area contributed by atoms with E-state index in [9.17, 15) is 4.39 Å². The van der Waals surface area contributed by atoms with Crippen LogP contribution in [-0.2, 0) is 13.1 Å². The first-order valence-corrected chi connectivity index (χ1v) is 9.06. The standard InChI is InChI=1S/C20H16FN7O/c21-16-7-13(6-14-2-1-3-22-18(14)16)10-27-12-24-19-20(27)26-17(9-23-19)15-8-25-28(11-15)4-5-29/h1-3,6-9,11-12,29H,4-5,10H2. The lowest BCUT2D eigenvalue weighted by Crippen LogP contribution is -2.02. The van der Waals surface area contributed by atoms with E-state index in [1.165, 1.54) is 6.07 Å². The molecule has 4 aromatic heterocycles. The van der Waals surface area contributed by atoms with Crippen LogP contribution in [0.25, 0.3) is 33.5 Å². The Balaban J connectivity index is 1.52. The molecule has 0 fully saturated rings. The molecular weight excluding hydrogens is 373 g/mol. The number of fused-ring (bicyclic) bond motifs is 2. The highest BCUT2D eigenvalue weighted by atomic mass is 19.1. The van der Waals surface area contributed by atoms with E-state index in [1.54, 1.807) is 41.9 Å². The van der Waals surface area contributed by atoms with E-state index in [0.717, 1.165) is 16.5 Å². The molecule has 0 bridgehead atoms. The topological polar surface area (TPSA) is 94.5 Å². The normalized spacial score (nSPS) is 11.5. The minimum absolute atomic E-state index is 0.0104. The predicted molar refractivity (Wildman–Crippen MR) is 104 cm³/mol. The molecule has 0 saturated heterocycles. The fourth-order valence-corrected chi connectivity index (χ4v) is 3.31. The number of aromatic nitrogens is 7. The fourth-order valence-electron chi connectivity index (χ4n) is 3.31. The Morgan fingerprint density at radius 1 is 1.10 bits per heavy atom. The number of aliphatic hydroxyl groups is 1. The molecule has 4 heterocycles. The van der Waals surface area contributed by atoms with Gasteiger partial charge in [0.15, 0.2) is 11.3 Å². The van der Waals surface area contributed by atoms with E-state index in [-0.39, 0.29) is 12.4 Å². The Morgan fingerprint density at radius 2 is 2.03 bits per heavy atom. The number of rotatable bonds is 5. The molecule has 1 N–H and O–H groups in total. The van der Waals surface area contributed by atoms with E-state index in [0.29, 0.717) is 35.6 Å². The number of imidazole rings is 1. The second-order valence-electron chi connectivity index (χ2n) is 6.64. The number of hydrogen-bond donors (Lipinski definition) is 1. The molecule has 0 aliphatic heterocycles. The summed E-state index contributed by atoms with van der Waals surface area (Å²) in [5, 5.41) is 14.0.